The Bertz CT molecular complexity index is 1470. The first kappa shape index (κ1) is 35.0. The Morgan fingerprint density at radius 2 is 1.53 bits per heavy atom. The van der Waals surface area contributed by atoms with Crippen LogP contribution in [0.1, 0.15) is 34.1 Å². The molecule has 0 N–H and O–H groups in total. The van der Waals surface area contributed by atoms with Gasteiger partial charge in [-0.3, -0.25) is 9.47 Å². The molecule has 0 radical (unpaired) electrons. The van der Waals surface area contributed by atoms with Crippen molar-refractivity contribution >= 4 is 64.0 Å². The molecule has 1 aliphatic rings. The molecule has 0 saturated carbocycles. The maximum atomic E-state index is 12.3. The van der Waals surface area contributed by atoms with Crippen LogP contribution in [0.3, 0.4) is 0 Å². The van der Waals surface area contributed by atoms with E-state index in [2.05, 4.69) is 84.1 Å². The summed E-state index contributed by atoms with van der Waals surface area (Å²) in [5, 5.41) is 1.12. The van der Waals surface area contributed by atoms with Gasteiger partial charge in [0.1, 0.15) is 12.9 Å². The molecule has 0 fully saturated rings. The summed E-state index contributed by atoms with van der Waals surface area (Å²) >= 11 is 19.9. The molecular formula is C34H40Cl3N5O2S. The highest BCUT2D eigenvalue weighted by Crippen LogP contribution is 2.47. The van der Waals surface area contributed by atoms with E-state index in [0.717, 1.165) is 26.1 Å². The van der Waals surface area contributed by atoms with Gasteiger partial charge in [-0.2, -0.15) is 0 Å². The monoisotopic (exact) mass is 687 g/mol. The largest absolute Gasteiger partial charge is 0.489 e. The quantitative estimate of drug-likeness (QED) is 0.156. The summed E-state index contributed by atoms with van der Waals surface area (Å²) in [6.45, 7) is 13.3. The standard InChI is InChI=1S/C19H24N2S.C15H16Cl3N3O2/c1-4-20(5-2)15(3)14-21-16-10-6-8-12-18(16)22-19-13-9-7-11-17(19)21;1-2-4-20(15(22)21-5-3-19-10-21)6-7-23-14-12(17)8-11(16)9-13(14)18/h6-13,15H,4-5,14H2,1-3H3;3,5,8-10H,2,4,6-7H2,1H3. The number of carbonyl (C=O) groups is 1. The van der Waals surface area contributed by atoms with Crippen LogP contribution in [0.15, 0.2) is 89.2 Å². The Balaban J connectivity index is 0.000000205. The molecule has 45 heavy (non-hydrogen) atoms. The van der Waals surface area contributed by atoms with Gasteiger partial charge >= 0.3 is 6.03 Å². The van der Waals surface area contributed by atoms with Gasteiger partial charge in [0.15, 0.2) is 5.75 Å². The lowest BCUT2D eigenvalue weighted by Crippen LogP contribution is -2.41. The molecule has 0 aliphatic carbocycles. The van der Waals surface area contributed by atoms with Gasteiger partial charge in [0.05, 0.1) is 28.0 Å². The van der Waals surface area contributed by atoms with Crippen molar-refractivity contribution in [2.45, 2.75) is 49.9 Å². The molecule has 1 unspecified atom stereocenters. The highest BCUT2D eigenvalue weighted by molar-refractivity contribution is 7.99. The van der Waals surface area contributed by atoms with E-state index in [0.29, 0.717) is 39.9 Å². The summed E-state index contributed by atoms with van der Waals surface area (Å²) in [6, 6.07) is 21.0. The lowest BCUT2D eigenvalue weighted by molar-refractivity contribution is 0.184. The van der Waals surface area contributed by atoms with Gasteiger partial charge in [-0.1, -0.05) is 91.6 Å². The zero-order valence-corrected chi connectivity index (χ0v) is 29.2. The number of halogens is 3. The Hall–Kier alpha value is -2.88. The van der Waals surface area contributed by atoms with E-state index in [4.69, 9.17) is 39.5 Å². The summed E-state index contributed by atoms with van der Waals surface area (Å²) in [6.07, 6.45) is 5.48. The van der Waals surface area contributed by atoms with Crippen LogP contribution < -0.4 is 9.64 Å². The fourth-order valence-electron chi connectivity index (χ4n) is 5.24. The minimum Gasteiger partial charge on any atom is -0.489 e. The Labute approximate surface area is 286 Å². The topological polar surface area (TPSA) is 53.8 Å². The molecule has 1 amide bonds. The minimum atomic E-state index is -0.152. The smallest absolute Gasteiger partial charge is 0.329 e. The maximum Gasteiger partial charge on any atom is 0.329 e. The molecule has 2 heterocycles. The van der Waals surface area contributed by atoms with E-state index in [-0.39, 0.29) is 12.6 Å². The molecule has 240 valence electrons. The second kappa shape index (κ2) is 17.2. The average Bonchev–Trinajstić information content (AvgIpc) is 3.57. The summed E-state index contributed by atoms with van der Waals surface area (Å²) < 4.78 is 7.05. The summed E-state index contributed by atoms with van der Waals surface area (Å²) in [7, 11) is 0. The van der Waals surface area contributed by atoms with Crippen LogP contribution in [0, 0.1) is 0 Å². The molecule has 7 nitrogen and oxygen atoms in total. The number of likely N-dealkylation sites (N-methyl/N-ethyl adjacent to an activating group) is 1. The predicted octanol–water partition coefficient (Wildman–Crippen LogP) is 9.62. The SMILES string of the molecule is CCCN(CCOc1c(Cl)cc(Cl)cc1Cl)C(=O)n1ccnc1.CCN(CC)C(C)CN1c2ccccc2Sc2ccccc21. The average molecular weight is 689 g/mol. The van der Waals surface area contributed by atoms with E-state index in [1.165, 1.54) is 32.1 Å². The molecule has 0 spiro atoms. The fraction of sp³-hybridized carbons (Fsp3) is 0.353. The molecular weight excluding hydrogens is 649 g/mol. The van der Waals surface area contributed by atoms with Gasteiger partial charge in [0.25, 0.3) is 0 Å². The van der Waals surface area contributed by atoms with E-state index < -0.39 is 0 Å². The highest BCUT2D eigenvalue weighted by atomic mass is 35.5. The third kappa shape index (κ3) is 9.11. The summed E-state index contributed by atoms with van der Waals surface area (Å²) in [5.74, 6) is 0.365. The van der Waals surface area contributed by atoms with E-state index in [1.54, 1.807) is 29.4 Å². The number of anilines is 2. The van der Waals surface area contributed by atoms with Crippen LogP contribution >= 0.6 is 46.6 Å². The highest BCUT2D eigenvalue weighted by Gasteiger charge is 2.25. The van der Waals surface area contributed by atoms with Crippen molar-refractivity contribution in [1.29, 1.82) is 0 Å². The number of ether oxygens (including phenoxy) is 1. The number of nitrogens with zero attached hydrogens (tertiary/aromatic N) is 5. The Kier molecular flexibility index (Phi) is 13.3. The van der Waals surface area contributed by atoms with Crippen molar-refractivity contribution in [2.75, 3.05) is 44.2 Å². The van der Waals surface area contributed by atoms with Crippen LogP contribution in [0.4, 0.5) is 16.2 Å². The normalized spacial score (nSPS) is 12.6. The number of rotatable bonds is 11. The number of amides is 1. The van der Waals surface area contributed by atoms with Gasteiger partial charge in [-0.15, -0.1) is 0 Å². The van der Waals surface area contributed by atoms with Gasteiger partial charge < -0.3 is 14.5 Å². The van der Waals surface area contributed by atoms with Crippen molar-refractivity contribution in [2.24, 2.45) is 0 Å². The summed E-state index contributed by atoms with van der Waals surface area (Å²) in [4.78, 5) is 25.6. The first-order chi connectivity index (χ1) is 21.8. The lowest BCUT2D eigenvalue weighted by Gasteiger charge is -2.37. The molecule has 0 saturated heterocycles. The zero-order valence-electron chi connectivity index (χ0n) is 26.1. The molecule has 0 bridgehead atoms. The van der Waals surface area contributed by atoms with E-state index >= 15 is 0 Å². The van der Waals surface area contributed by atoms with Crippen LogP contribution in [-0.2, 0) is 0 Å². The van der Waals surface area contributed by atoms with E-state index in [1.807, 2.05) is 18.7 Å². The Morgan fingerprint density at radius 1 is 0.933 bits per heavy atom. The number of aromatic nitrogens is 2. The van der Waals surface area contributed by atoms with Gasteiger partial charge in [-0.25, -0.2) is 9.78 Å². The molecule has 5 rings (SSSR count). The molecule has 3 aromatic carbocycles. The van der Waals surface area contributed by atoms with Gasteiger partial charge in [0.2, 0.25) is 0 Å². The number of hydrogen-bond donors (Lipinski definition) is 0. The van der Waals surface area contributed by atoms with E-state index in [9.17, 15) is 4.79 Å². The number of fused-ring (bicyclic) bond motifs is 2. The van der Waals surface area contributed by atoms with Crippen molar-refractivity contribution in [1.82, 2.24) is 19.4 Å². The molecule has 11 heteroatoms. The van der Waals surface area contributed by atoms with Crippen molar-refractivity contribution in [3.63, 3.8) is 0 Å². The predicted molar refractivity (Wildman–Crippen MR) is 188 cm³/mol. The Morgan fingerprint density at radius 3 is 2.07 bits per heavy atom. The van der Waals surface area contributed by atoms with Crippen LogP contribution in [-0.4, -0.2) is 70.8 Å². The zero-order chi connectivity index (χ0) is 32.3. The fourth-order valence-corrected chi connectivity index (χ4v) is 7.26. The molecule has 1 aromatic heterocycles. The van der Waals surface area contributed by atoms with Crippen LogP contribution in [0.2, 0.25) is 15.1 Å². The first-order valence-corrected chi connectivity index (χ1v) is 17.1. The second-order valence-electron chi connectivity index (χ2n) is 10.5. The number of benzene rings is 3. The number of para-hydroxylation sites is 2. The number of hydrogen-bond acceptors (Lipinski definition) is 6. The van der Waals surface area contributed by atoms with Crippen molar-refractivity contribution in [3.8, 4) is 5.75 Å². The van der Waals surface area contributed by atoms with Gasteiger partial charge in [-0.05, 0) is 62.8 Å². The first-order valence-electron chi connectivity index (χ1n) is 15.2. The third-order valence-corrected chi connectivity index (χ3v) is 9.38. The van der Waals surface area contributed by atoms with Crippen molar-refractivity contribution in [3.05, 3.63) is 94.5 Å². The maximum absolute atomic E-state index is 12.3. The van der Waals surface area contributed by atoms with Crippen molar-refractivity contribution < 1.29 is 9.53 Å². The van der Waals surface area contributed by atoms with Gasteiger partial charge in [0, 0.05) is 46.3 Å². The van der Waals surface area contributed by atoms with Crippen LogP contribution in [0.5, 0.6) is 5.75 Å². The molecule has 1 aliphatic heterocycles. The van der Waals surface area contributed by atoms with Crippen LogP contribution in [0.25, 0.3) is 0 Å². The molecule has 1 atom stereocenters. The minimum absolute atomic E-state index is 0.152. The number of imidazole rings is 1. The lowest BCUT2D eigenvalue weighted by atomic mass is 10.1. The molecule has 4 aromatic rings. The second-order valence-corrected chi connectivity index (χ2v) is 12.8. The third-order valence-electron chi connectivity index (χ3n) is 7.47. The summed E-state index contributed by atoms with van der Waals surface area (Å²) in [5.41, 5.74) is 2.68. The number of carbonyl (C=O) groups excluding carboxylic acids is 1.